The van der Waals surface area contributed by atoms with E-state index in [-0.39, 0.29) is 48.5 Å². The summed E-state index contributed by atoms with van der Waals surface area (Å²) in [7, 11) is 1.92. The third-order valence-electron chi connectivity index (χ3n) is 15.7. The maximum absolute atomic E-state index is 20.6. The number of nitriles is 1. The number of hydrogen-bond donors (Lipinski definition) is 0. The minimum Gasteiger partial charge on any atom is -0.278 e. The monoisotopic (exact) mass is 1120 g/mol. The molecule has 0 bridgehead atoms. The van der Waals surface area contributed by atoms with Gasteiger partial charge in [-0.1, -0.05) is 146 Å². The van der Waals surface area contributed by atoms with Gasteiger partial charge in [0.2, 0.25) is 22.7 Å². The van der Waals surface area contributed by atoms with E-state index in [2.05, 4.69) is 0 Å². The number of halogens is 20. The molecule has 0 fully saturated rings. The van der Waals surface area contributed by atoms with Crippen LogP contribution in [0, 0.1) is 11.3 Å². The zero-order chi connectivity index (χ0) is 57.6. The highest BCUT2D eigenvalue weighted by Crippen LogP contribution is 2.79. The smallest absolute Gasteiger partial charge is 0.278 e. The summed E-state index contributed by atoms with van der Waals surface area (Å²) in [5, 5.41) is 8.37. The first-order chi connectivity index (χ1) is 36.3. The average molecular weight is 1120 g/mol. The predicted octanol–water partition coefficient (Wildman–Crippen LogP) is 14.4. The molecule has 9 rings (SSSR count). The number of hydrogen-bond acceptors (Lipinski definition) is 1. The molecule has 0 saturated carbocycles. The molecule has 2 nitrogen and oxygen atoms in total. The van der Waals surface area contributed by atoms with Crippen molar-refractivity contribution in [1.29, 1.82) is 5.26 Å². The van der Waals surface area contributed by atoms with Crippen LogP contribution in [0.3, 0.4) is 0 Å². The predicted molar refractivity (Wildman–Crippen MR) is 246 cm³/mol. The van der Waals surface area contributed by atoms with Gasteiger partial charge in [-0.05, 0) is 46.6 Å². The van der Waals surface area contributed by atoms with Gasteiger partial charge in [0.1, 0.15) is 7.05 Å². The molecule has 1 heterocycles. The number of allylic oxidation sites excluding steroid dienone is 8. The number of pyridine rings is 1. The van der Waals surface area contributed by atoms with Crippen LogP contribution in [0.4, 0.5) is 87.8 Å². The molecular weight excluding hydrogens is 1080 g/mol. The Hall–Kier alpha value is -6.86. The van der Waals surface area contributed by atoms with Crippen molar-refractivity contribution in [1.82, 2.24) is 0 Å². The van der Waals surface area contributed by atoms with Gasteiger partial charge in [-0.15, -0.1) is 0 Å². The van der Waals surface area contributed by atoms with Crippen LogP contribution in [0.1, 0.15) is 27.8 Å². The second-order valence-electron chi connectivity index (χ2n) is 19.4. The van der Waals surface area contributed by atoms with Gasteiger partial charge in [0.15, 0.2) is 43.2 Å². The second-order valence-corrected chi connectivity index (χ2v) is 19.4. The van der Waals surface area contributed by atoms with Crippen molar-refractivity contribution in [3.8, 4) is 6.07 Å². The van der Waals surface area contributed by atoms with Crippen LogP contribution in [0.15, 0.2) is 194 Å². The third-order valence-corrected chi connectivity index (χ3v) is 15.7. The zero-order valence-electron chi connectivity index (χ0n) is 39.8. The number of aromatic nitrogens is 1. The molecule has 12 atom stereocenters. The Balaban J connectivity index is 0.000000810. The molecule has 4 aromatic carbocycles. The van der Waals surface area contributed by atoms with E-state index in [0.717, 1.165) is 24.3 Å². The Labute approximate surface area is 431 Å². The van der Waals surface area contributed by atoms with Crippen LogP contribution >= 0.6 is 0 Å². The quantitative estimate of drug-likeness (QED) is 0.0659. The summed E-state index contributed by atoms with van der Waals surface area (Å²) >= 11 is 0. The summed E-state index contributed by atoms with van der Waals surface area (Å²) in [5.41, 5.74) is -61.9. The number of rotatable bonds is 8. The standard InChI is InChI=1S/C48H32BF20.C7H7N2/c50-33-21-25-37(54,41(58,45(33,62)63)29-13-5-1-6-14-29)49(38(55)26-22-34(51)46(64,65)42(38,59)30-15-7-2-8-16-30,39(56)27-23-35(52)47(66,67)43(39,60)31-17-9-3-10-18-31)40(57)28-24-36(53)48(68,69)44(40,61)32-19-11-4-12-20-32;1-9-4-2-7(6-8)3-5-9/h1-28,33-36H;2-5H,1H3/q-1;+1. The number of nitrogens with zero attached hydrogens (tertiary/aromatic N) is 2. The van der Waals surface area contributed by atoms with Gasteiger partial charge in [-0.25, -0.2) is 39.7 Å². The van der Waals surface area contributed by atoms with E-state index in [1.54, 1.807) is 12.1 Å². The topological polar surface area (TPSA) is 27.7 Å². The molecule has 23 heteroatoms. The van der Waals surface area contributed by atoms with Gasteiger partial charge in [0.05, 0.1) is 33.9 Å². The van der Waals surface area contributed by atoms with Crippen LogP contribution < -0.4 is 4.57 Å². The minimum atomic E-state index is -8.84. The maximum Gasteiger partial charge on any atom is 0.319 e. The van der Waals surface area contributed by atoms with Crippen LogP contribution in [-0.2, 0) is 29.7 Å². The van der Waals surface area contributed by atoms with Crippen molar-refractivity contribution >= 4 is 6.15 Å². The lowest BCUT2D eigenvalue weighted by Crippen LogP contribution is -2.99. The third kappa shape index (κ3) is 6.81. The largest absolute Gasteiger partial charge is 0.319 e. The molecule has 12 unspecified atom stereocenters. The van der Waals surface area contributed by atoms with Crippen molar-refractivity contribution in [2.24, 2.45) is 7.05 Å². The van der Waals surface area contributed by atoms with Crippen molar-refractivity contribution in [3.05, 3.63) is 222 Å². The van der Waals surface area contributed by atoms with E-state index < -0.39 is 170 Å². The van der Waals surface area contributed by atoms with Gasteiger partial charge in [-0.3, -0.25) is 17.6 Å². The minimum absolute atomic E-state index is 0.0237. The Bertz CT molecular complexity index is 2810. The molecule has 78 heavy (non-hydrogen) atoms. The summed E-state index contributed by atoms with van der Waals surface area (Å²) in [6, 6.07) is 12.2. The lowest BCUT2D eigenvalue weighted by Gasteiger charge is -2.76. The fourth-order valence-corrected chi connectivity index (χ4v) is 12.1. The second kappa shape index (κ2) is 18.6. The van der Waals surface area contributed by atoms with E-state index in [9.17, 15) is 0 Å². The van der Waals surface area contributed by atoms with Gasteiger partial charge in [0.25, 0.3) is 0 Å². The van der Waals surface area contributed by atoms with Crippen LogP contribution in [0.2, 0.25) is 0 Å². The molecule has 5 aromatic rings. The fraction of sp³-hybridized carbons (Fsp3) is 0.309. The first kappa shape index (κ1) is 57.3. The van der Waals surface area contributed by atoms with E-state index >= 15 is 87.8 Å². The Kier molecular flexibility index (Phi) is 13.7. The number of benzene rings is 4. The first-order valence-corrected chi connectivity index (χ1v) is 23.4. The summed E-state index contributed by atoms with van der Waals surface area (Å²) in [5.74, 6) is -26.2. The molecule has 0 saturated heterocycles. The van der Waals surface area contributed by atoms with Crippen molar-refractivity contribution in [2.75, 3.05) is 0 Å². The van der Waals surface area contributed by atoms with Gasteiger partial charge >= 0.3 is 23.7 Å². The molecule has 4 aliphatic carbocycles. The van der Waals surface area contributed by atoms with E-state index in [1.807, 2.05) is 30.1 Å². The molecule has 0 radical (unpaired) electrons. The maximum atomic E-state index is 20.6. The normalized spacial score (nSPS) is 37.7. The zero-order valence-corrected chi connectivity index (χ0v) is 39.8. The van der Waals surface area contributed by atoms with Gasteiger partial charge in [-0.2, -0.15) is 40.4 Å². The van der Waals surface area contributed by atoms with E-state index in [0.29, 0.717) is 54.1 Å². The molecule has 0 amide bonds. The van der Waals surface area contributed by atoms with E-state index in [4.69, 9.17) is 5.26 Å². The number of alkyl halides is 20. The van der Waals surface area contributed by atoms with E-state index in [1.165, 1.54) is 0 Å². The lowest BCUT2D eigenvalue weighted by molar-refractivity contribution is -0.671. The molecule has 412 valence electrons. The molecule has 0 N–H and O–H groups in total. The van der Waals surface area contributed by atoms with Crippen LogP contribution in [0.25, 0.3) is 0 Å². The molecule has 4 aliphatic rings. The molecule has 1 aromatic heterocycles. The van der Waals surface area contributed by atoms with Crippen LogP contribution in [0.5, 0.6) is 0 Å². The fourth-order valence-electron chi connectivity index (χ4n) is 12.1. The Morgan fingerprint density at radius 2 is 0.564 bits per heavy atom. The highest BCUT2D eigenvalue weighted by Gasteiger charge is 2.98. The molecule has 0 aliphatic heterocycles. The van der Waals surface area contributed by atoms with Crippen molar-refractivity contribution in [3.63, 3.8) is 0 Å². The molecule has 0 spiro atoms. The molecular formula is C55H39BF20N2. The highest BCUT2D eigenvalue weighted by atomic mass is 19.3. The van der Waals surface area contributed by atoms with Gasteiger partial charge < -0.3 is 0 Å². The first-order valence-electron chi connectivity index (χ1n) is 23.4. The summed E-state index contributed by atoms with van der Waals surface area (Å²) < 4.78 is 363. The Morgan fingerprint density at radius 3 is 0.756 bits per heavy atom. The highest BCUT2D eigenvalue weighted by molar-refractivity contribution is 6.93. The van der Waals surface area contributed by atoms with Crippen LogP contribution in [-0.4, -0.2) is 76.8 Å². The van der Waals surface area contributed by atoms with Crippen molar-refractivity contribution < 1.29 is 92.4 Å². The van der Waals surface area contributed by atoms with Crippen molar-refractivity contribution in [2.45, 2.75) is 93.3 Å². The average Bonchev–Trinajstić information content (AvgIpc) is 1.61. The number of aryl methyl sites for hydroxylation is 1. The van der Waals surface area contributed by atoms with Gasteiger partial charge in [0, 0.05) is 12.1 Å². The lowest BCUT2D eigenvalue weighted by atomic mass is 8.95. The summed E-state index contributed by atoms with van der Waals surface area (Å²) in [4.78, 5) is 0. The summed E-state index contributed by atoms with van der Waals surface area (Å²) in [6.07, 6.45) is -31.7. The SMILES string of the molecule is C[n+]1ccc(C#N)cc1.FC1C=CC(F)([B-](C2(F)C=CC(F)C(F)(F)C2(F)c2ccccc2)(C2(F)C=CC(F)C(F)(F)C2(F)c2ccccc2)C2(F)C=CC(F)C(F)(F)C2(F)c2ccccc2)C(F)(c2ccccc2)C1(F)F. The summed E-state index contributed by atoms with van der Waals surface area (Å²) in [6.45, 7) is 0. The Morgan fingerprint density at radius 1 is 0.359 bits per heavy atom.